The Morgan fingerprint density at radius 2 is 0.941 bits per heavy atom. The largest absolute Gasteiger partial charge is 0.311 e. The summed E-state index contributed by atoms with van der Waals surface area (Å²) >= 11 is 12.0. The SMILES string of the molecule is O=C(C(Cl)C(=O)[C@H](Cc1ccccc1)N=S(=O)=O)C(Cl)C(=O)[C@H](Cc1ccccc1)N=S(=O)=O. The van der Waals surface area contributed by atoms with Crippen LogP contribution in [-0.2, 0) is 48.2 Å². The number of benzene rings is 2. The number of carbonyl (C=O) groups excluding carboxylic acids is 3. The van der Waals surface area contributed by atoms with Gasteiger partial charge in [0.25, 0.3) is 0 Å². The van der Waals surface area contributed by atoms with E-state index in [4.69, 9.17) is 23.2 Å². The first kappa shape index (κ1) is 27.5. The summed E-state index contributed by atoms with van der Waals surface area (Å²) in [6.45, 7) is 0. The topological polar surface area (TPSA) is 144 Å². The van der Waals surface area contributed by atoms with E-state index in [-0.39, 0.29) is 12.8 Å². The van der Waals surface area contributed by atoms with E-state index in [2.05, 4.69) is 8.73 Å². The van der Waals surface area contributed by atoms with Crippen LogP contribution in [0.25, 0.3) is 0 Å². The predicted octanol–water partition coefficient (Wildman–Crippen LogP) is 2.26. The molecule has 0 N–H and O–H groups in total. The normalized spacial score (nSPS) is 14.2. The summed E-state index contributed by atoms with van der Waals surface area (Å²) in [7, 11) is -5.95. The van der Waals surface area contributed by atoms with Crippen molar-refractivity contribution in [3.8, 4) is 0 Å². The molecule has 0 saturated carbocycles. The Hall–Kier alpha value is -2.73. The van der Waals surface area contributed by atoms with Gasteiger partial charge in [-0.3, -0.25) is 14.4 Å². The third-order valence-electron chi connectivity index (χ3n) is 4.63. The number of hydrogen-bond donors (Lipinski definition) is 0. The minimum atomic E-state index is -2.98. The van der Waals surface area contributed by atoms with Crippen molar-refractivity contribution in [2.75, 3.05) is 0 Å². The first-order valence-electron chi connectivity index (χ1n) is 9.67. The van der Waals surface area contributed by atoms with Crippen molar-refractivity contribution < 1.29 is 31.2 Å². The fraction of sp³-hybridized carbons (Fsp3) is 0.286. The van der Waals surface area contributed by atoms with Crippen LogP contribution in [0.4, 0.5) is 0 Å². The van der Waals surface area contributed by atoms with Gasteiger partial charge in [-0.25, -0.2) is 0 Å². The number of carbonyl (C=O) groups is 3. The molecule has 0 fully saturated rings. The Balaban J connectivity index is 2.24. The molecule has 2 aromatic rings. The highest BCUT2D eigenvalue weighted by atomic mass is 35.5. The van der Waals surface area contributed by atoms with E-state index in [0.717, 1.165) is 0 Å². The number of Topliss-reactive ketones (excluding diaryl/α,β-unsaturated/α-hetero) is 3. The van der Waals surface area contributed by atoms with E-state index in [1.54, 1.807) is 60.7 Å². The van der Waals surface area contributed by atoms with Crippen LogP contribution >= 0.6 is 23.2 Å². The summed E-state index contributed by atoms with van der Waals surface area (Å²) in [5.41, 5.74) is 1.12. The molecule has 0 aromatic heterocycles. The van der Waals surface area contributed by atoms with Gasteiger partial charge in [0, 0.05) is 12.8 Å². The van der Waals surface area contributed by atoms with E-state index in [1.165, 1.54) is 0 Å². The number of rotatable bonds is 12. The molecule has 0 radical (unpaired) electrons. The van der Waals surface area contributed by atoms with Crippen LogP contribution in [0.1, 0.15) is 11.1 Å². The van der Waals surface area contributed by atoms with Gasteiger partial charge in [-0.1, -0.05) is 60.7 Å². The molecule has 0 aliphatic heterocycles. The molecule has 0 spiro atoms. The van der Waals surface area contributed by atoms with Gasteiger partial charge in [0.2, 0.25) is 0 Å². The maximum Gasteiger partial charge on any atom is 0.311 e. The third-order valence-corrected chi connectivity index (χ3v) is 6.34. The highest BCUT2D eigenvalue weighted by Crippen LogP contribution is 2.18. The molecule has 13 heteroatoms. The van der Waals surface area contributed by atoms with Crippen LogP contribution in [0.5, 0.6) is 0 Å². The van der Waals surface area contributed by atoms with Crippen molar-refractivity contribution in [3.05, 3.63) is 71.8 Å². The molecule has 0 heterocycles. The summed E-state index contributed by atoms with van der Waals surface area (Å²) in [4.78, 5) is 38.3. The van der Waals surface area contributed by atoms with Gasteiger partial charge in [0.05, 0.1) is 0 Å². The summed E-state index contributed by atoms with van der Waals surface area (Å²) in [6, 6.07) is 13.5. The molecule has 2 aromatic carbocycles. The number of alkyl halides is 2. The van der Waals surface area contributed by atoms with Crippen molar-refractivity contribution in [1.29, 1.82) is 0 Å². The zero-order chi connectivity index (χ0) is 25.3. The molecular weight excluding hydrogens is 527 g/mol. The fourth-order valence-electron chi connectivity index (χ4n) is 3.01. The standard InChI is InChI=1S/C21H18Cl2N2O7S2/c22-17(19(26)15(24-33(29)30)11-13-7-3-1-4-8-13)21(28)18(23)20(27)16(25-34(31)32)12-14-9-5-2-6-10-14/h1-10,15-18H,11-12H2/t15-,16-,17?,18?/m0/s1. The van der Waals surface area contributed by atoms with Crippen molar-refractivity contribution in [2.45, 2.75) is 35.7 Å². The maximum atomic E-state index is 12.8. The van der Waals surface area contributed by atoms with Gasteiger partial charge in [-0.05, 0) is 11.1 Å². The van der Waals surface area contributed by atoms with Gasteiger partial charge in [0.15, 0.2) is 28.1 Å². The smallest absolute Gasteiger partial charge is 0.295 e. The van der Waals surface area contributed by atoms with E-state index >= 15 is 0 Å². The van der Waals surface area contributed by atoms with Crippen LogP contribution in [0.3, 0.4) is 0 Å². The molecule has 0 aliphatic rings. The molecule has 2 rings (SSSR count). The minimum Gasteiger partial charge on any atom is -0.295 e. The number of halogens is 2. The molecule has 180 valence electrons. The highest BCUT2D eigenvalue weighted by Gasteiger charge is 2.39. The molecule has 0 bridgehead atoms. The zero-order valence-corrected chi connectivity index (χ0v) is 20.5. The monoisotopic (exact) mass is 544 g/mol. The summed E-state index contributed by atoms with van der Waals surface area (Å²) in [6.07, 6.45) is -0.321. The van der Waals surface area contributed by atoms with Gasteiger partial charge >= 0.3 is 21.0 Å². The number of hydrogen-bond acceptors (Lipinski definition) is 9. The fourth-order valence-corrected chi connectivity index (χ4v) is 4.39. The average Bonchev–Trinajstić information content (AvgIpc) is 2.81. The van der Waals surface area contributed by atoms with Crippen LogP contribution < -0.4 is 0 Å². The summed E-state index contributed by atoms with van der Waals surface area (Å²) in [5, 5.41) is -4.00. The molecule has 0 amide bonds. The minimum absolute atomic E-state index is 0.161. The average molecular weight is 545 g/mol. The molecule has 0 aliphatic carbocycles. The van der Waals surface area contributed by atoms with Crippen LogP contribution in [-0.4, -0.2) is 57.0 Å². The molecule has 9 nitrogen and oxygen atoms in total. The maximum absolute atomic E-state index is 12.8. The van der Waals surface area contributed by atoms with E-state index in [0.29, 0.717) is 11.1 Å². The second-order valence-electron chi connectivity index (χ2n) is 6.99. The molecule has 2 unspecified atom stereocenters. The second-order valence-corrected chi connectivity index (χ2v) is 9.15. The van der Waals surface area contributed by atoms with Crippen molar-refractivity contribution in [3.63, 3.8) is 0 Å². The van der Waals surface area contributed by atoms with Crippen molar-refractivity contribution in [2.24, 2.45) is 8.73 Å². The van der Waals surface area contributed by atoms with Crippen LogP contribution in [0.2, 0.25) is 0 Å². The summed E-state index contributed by atoms with van der Waals surface area (Å²) < 4.78 is 51.1. The second kappa shape index (κ2) is 13.2. The van der Waals surface area contributed by atoms with Crippen molar-refractivity contribution >= 4 is 61.6 Å². The zero-order valence-electron chi connectivity index (χ0n) is 17.3. The van der Waals surface area contributed by atoms with E-state index in [1.807, 2.05) is 0 Å². The van der Waals surface area contributed by atoms with Gasteiger partial charge < -0.3 is 0 Å². The highest BCUT2D eigenvalue weighted by molar-refractivity contribution is 7.61. The number of ketones is 3. The lowest BCUT2D eigenvalue weighted by atomic mass is 9.95. The van der Waals surface area contributed by atoms with E-state index < -0.39 is 61.2 Å². The Morgan fingerprint density at radius 3 is 1.24 bits per heavy atom. The van der Waals surface area contributed by atoms with Gasteiger partial charge in [-0.15, -0.1) is 23.2 Å². The molecule has 0 saturated heterocycles. The van der Waals surface area contributed by atoms with Crippen molar-refractivity contribution in [1.82, 2.24) is 0 Å². The molecular formula is C21H18Cl2N2O7S2. The Morgan fingerprint density at radius 1 is 0.618 bits per heavy atom. The quantitative estimate of drug-likeness (QED) is 0.294. The first-order valence-corrected chi connectivity index (χ1v) is 12.6. The number of nitrogens with zero attached hydrogens (tertiary/aromatic N) is 2. The summed E-state index contributed by atoms with van der Waals surface area (Å²) in [5.74, 6) is -3.36. The molecule has 34 heavy (non-hydrogen) atoms. The third kappa shape index (κ3) is 8.24. The van der Waals surface area contributed by atoms with Crippen LogP contribution in [0, 0.1) is 0 Å². The van der Waals surface area contributed by atoms with Gasteiger partial charge in [-0.2, -0.15) is 25.6 Å². The lowest BCUT2D eigenvalue weighted by Gasteiger charge is -2.17. The van der Waals surface area contributed by atoms with E-state index in [9.17, 15) is 31.2 Å². The Kier molecular flexibility index (Phi) is 10.7. The first-order chi connectivity index (χ1) is 16.1. The lowest BCUT2D eigenvalue weighted by molar-refractivity contribution is -0.130. The Labute approximate surface area is 208 Å². The van der Waals surface area contributed by atoms with Crippen LogP contribution in [0.15, 0.2) is 69.4 Å². The predicted molar refractivity (Wildman–Crippen MR) is 125 cm³/mol. The lowest BCUT2D eigenvalue weighted by Crippen LogP contribution is -2.43. The Bertz CT molecular complexity index is 1200. The van der Waals surface area contributed by atoms with Gasteiger partial charge in [0.1, 0.15) is 12.1 Å². The molecule has 4 atom stereocenters.